The van der Waals surface area contributed by atoms with Crippen molar-refractivity contribution in [2.45, 2.75) is 0 Å². The molecule has 3 N–H and O–H groups in total. The van der Waals surface area contributed by atoms with Crippen LogP contribution < -0.4 is 10.5 Å². The van der Waals surface area contributed by atoms with Crippen LogP contribution in [0, 0.1) is 0 Å². The van der Waals surface area contributed by atoms with E-state index in [-0.39, 0.29) is 16.3 Å². The Morgan fingerprint density at radius 3 is 2.30 bits per heavy atom. The first-order chi connectivity index (χ1) is 10.8. The zero-order chi connectivity index (χ0) is 17.0. The SMILES string of the molecule is NC(=O)c1ccc(NS(=O)(=O)/C=C/c2ccc(Cl)cc2)cc1Cl. The molecule has 23 heavy (non-hydrogen) atoms. The standard InChI is InChI=1S/C15H12Cl2N2O3S/c16-11-3-1-10(2-4-11)7-8-23(21,22)19-12-5-6-13(15(18)20)14(17)9-12/h1-9,19H,(H2,18,20)/b8-7+. The quantitative estimate of drug-likeness (QED) is 0.843. The molecule has 0 atom stereocenters. The minimum atomic E-state index is -3.73. The Balaban J connectivity index is 2.16. The van der Waals surface area contributed by atoms with E-state index in [2.05, 4.69) is 4.72 Å². The van der Waals surface area contributed by atoms with E-state index in [1.807, 2.05) is 0 Å². The molecule has 5 nitrogen and oxygen atoms in total. The van der Waals surface area contributed by atoms with E-state index < -0.39 is 15.9 Å². The molecule has 0 spiro atoms. The summed E-state index contributed by atoms with van der Waals surface area (Å²) in [5.41, 5.74) is 6.15. The number of nitrogens with two attached hydrogens (primary N) is 1. The number of hydrogen-bond donors (Lipinski definition) is 2. The minimum absolute atomic E-state index is 0.0689. The number of carbonyl (C=O) groups is 1. The van der Waals surface area contributed by atoms with Gasteiger partial charge in [-0.15, -0.1) is 0 Å². The predicted molar refractivity (Wildman–Crippen MR) is 93.0 cm³/mol. The van der Waals surface area contributed by atoms with Crippen LogP contribution in [0.3, 0.4) is 0 Å². The molecule has 2 aromatic carbocycles. The van der Waals surface area contributed by atoms with Crippen molar-refractivity contribution in [2.24, 2.45) is 5.73 Å². The highest BCUT2D eigenvalue weighted by molar-refractivity contribution is 7.95. The zero-order valence-corrected chi connectivity index (χ0v) is 14.0. The van der Waals surface area contributed by atoms with Gasteiger partial charge in [0.25, 0.3) is 10.0 Å². The number of anilines is 1. The van der Waals surface area contributed by atoms with Crippen LogP contribution in [0.5, 0.6) is 0 Å². The molecular weight excluding hydrogens is 359 g/mol. The summed E-state index contributed by atoms with van der Waals surface area (Å²) in [5.74, 6) is -0.688. The highest BCUT2D eigenvalue weighted by Gasteiger charge is 2.10. The molecule has 120 valence electrons. The number of rotatable bonds is 5. The van der Waals surface area contributed by atoms with Gasteiger partial charge in [0.2, 0.25) is 5.91 Å². The number of amides is 1. The summed E-state index contributed by atoms with van der Waals surface area (Å²) in [6.45, 7) is 0. The van der Waals surface area contributed by atoms with Crippen LogP contribution >= 0.6 is 23.2 Å². The average molecular weight is 371 g/mol. The number of primary amides is 1. The van der Waals surface area contributed by atoms with Crippen molar-refractivity contribution in [3.63, 3.8) is 0 Å². The summed E-state index contributed by atoms with van der Waals surface area (Å²) in [6, 6.07) is 10.8. The molecule has 8 heteroatoms. The maximum absolute atomic E-state index is 12.0. The van der Waals surface area contributed by atoms with Gasteiger partial charge >= 0.3 is 0 Å². The molecule has 0 aromatic heterocycles. The third-order valence-electron chi connectivity index (χ3n) is 2.80. The van der Waals surface area contributed by atoms with E-state index in [1.165, 1.54) is 24.3 Å². The van der Waals surface area contributed by atoms with Crippen molar-refractivity contribution in [1.82, 2.24) is 0 Å². The van der Waals surface area contributed by atoms with Crippen molar-refractivity contribution < 1.29 is 13.2 Å². The van der Waals surface area contributed by atoms with Crippen molar-refractivity contribution in [3.8, 4) is 0 Å². The van der Waals surface area contributed by atoms with Crippen LogP contribution in [0.1, 0.15) is 15.9 Å². The Morgan fingerprint density at radius 2 is 1.74 bits per heavy atom. The smallest absolute Gasteiger partial charge is 0.255 e. The Hall–Kier alpha value is -2.02. The van der Waals surface area contributed by atoms with Gasteiger partial charge in [0, 0.05) is 5.02 Å². The van der Waals surface area contributed by atoms with Crippen LogP contribution in [0.25, 0.3) is 6.08 Å². The van der Waals surface area contributed by atoms with E-state index in [1.54, 1.807) is 24.3 Å². The van der Waals surface area contributed by atoms with Crippen LogP contribution in [-0.4, -0.2) is 14.3 Å². The first-order valence-electron chi connectivity index (χ1n) is 6.33. The highest BCUT2D eigenvalue weighted by Crippen LogP contribution is 2.21. The second-order valence-corrected chi connectivity index (χ2v) is 6.97. The van der Waals surface area contributed by atoms with Gasteiger partial charge in [0.1, 0.15) is 0 Å². The number of hydrogen-bond acceptors (Lipinski definition) is 3. The fraction of sp³-hybridized carbons (Fsp3) is 0. The third-order valence-corrected chi connectivity index (χ3v) is 4.38. The molecule has 0 fully saturated rings. The molecule has 0 unspecified atom stereocenters. The second kappa shape index (κ2) is 7.04. The number of carbonyl (C=O) groups excluding carboxylic acids is 1. The van der Waals surface area contributed by atoms with Gasteiger partial charge in [-0.2, -0.15) is 0 Å². The van der Waals surface area contributed by atoms with Crippen molar-refractivity contribution in [1.29, 1.82) is 0 Å². The lowest BCUT2D eigenvalue weighted by atomic mass is 10.2. The summed E-state index contributed by atoms with van der Waals surface area (Å²) < 4.78 is 26.4. The molecule has 0 saturated heterocycles. The summed E-state index contributed by atoms with van der Waals surface area (Å²) in [7, 11) is -3.73. The van der Waals surface area contributed by atoms with Gasteiger partial charge in [0.15, 0.2) is 0 Å². The van der Waals surface area contributed by atoms with E-state index >= 15 is 0 Å². The zero-order valence-electron chi connectivity index (χ0n) is 11.7. The van der Waals surface area contributed by atoms with Gasteiger partial charge in [0.05, 0.1) is 21.7 Å². The minimum Gasteiger partial charge on any atom is -0.366 e. The molecule has 0 saturated carbocycles. The third kappa shape index (κ3) is 4.99. The first-order valence-corrected chi connectivity index (χ1v) is 8.63. The Bertz CT molecular complexity index is 863. The lowest BCUT2D eigenvalue weighted by Gasteiger charge is -2.06. The molecular formula is C15H12Cl2N2O3S. The van der Waals surface area contributed by atoms with Crippen molar-refractivity contribution >= 4 is 50.9 Å². The summed E-state index contributed by atoms with van der Waals surface area (Å²) in [6.07, 6.45) is 1.43. The summed E-state index contributed by atoms with van der Waals surface area (Å²) in [5, 5.41) is 1.65. The van der Waals surface area contributed by atoms with Gasteiger partial charge in [-0.3, -0.25) is 9.52 Å². The fourth-order valence-corrected chi connectivity index (χ4v) is 2.98. The maximum atomic E-state index is 12.0. The Morgan fingerprint density at radius 1 is 1.09 bits per heavy atom. The van der Waals surface area contributed by atoms with Gasteiger partial charge < -0.3 is 5.73 Å². The molecule has 2 aromatic rings. The average Bonchev–Trinajstić information content (AvgIpc) is 2.46. The van der Waals surface area contributed by atoms with Crippen molar-refractivity contribution in [3.05, 3.63) is 69.0 Å². The summed E-state index contributed by atoms with van der Waals surface area (Å²) in [4.78, 5) is 11.1. The van der Waals surface area contributed by atoms with Crippen LogP contribution in [0.4, 0.5) is 5.69 Å². The highest BCUT2D eigenvalue weighted by atomic mass is 35.5. The second-order valence-electron chi connectivity index (χ2n) is 4.56. The van der Waals surface area contributed by atoms with Gasteiger partial charge in [-0.25, -0.2) is 8.42 Å². The lowest BCUT2D eigenvalue weighted by molar-refractivity contribution is 0.100. The van der Waals surface area contributed by atoms with Crippen molar-refractivity contribution in [2.75, 3.05) is 4.72 Å². The summed E-state index contributed by atoms with van der Waals surface area (Å²) >= 11 is 11.6. The molecule has 0 aliphatic rings. The van der Waals surface area contributed by atoms with Gasteiger partial charge in [-0.05, 0) is 42.0 Å². The van der Waals surface area contributed by atoms with E-state index in [9.17, 15) is 13.2 Å². The molecule has 0 radical (unpaired) electrons. The van der Waals surface area contributed by atoms with E-state index in [4.69, 9.17) is 28.9 Å². The van der Waals surface area contributed by atoms with Crippen LogP contribution in [0.15, 0.2) is 47.9 Å². The number of nitrogens with one attached hydrogen (secondary N) is 1. The van der Waals surface area contributed by atoms with Crippen LogP contribution in [0.2, 0.25) is 10.0 Å². The van der Waals surface area contributed by atoms with Crippen LogP contribution in [-0.2, 0) is 10.0 Å². The fourth-order valence-electron chi connectivity index (χ4n) is 1.72. The molecule has 2 rings (SSSR count). The molecule has 1 amide bonds. The number of benzene rings is 2. The number of sulfonamides is 1. The maximum Gasteiger partial charge on any atom is 0.255 e. The molecule has 0 aliphatic heterocycles. The Labute approximate surface area is 143 Å². The predicted octanol–water partition coefficient (Wildman–Crippen LogP) is 3.50. The topological polar surface area (TPSA) is 89.3 Å². The monoisotopic (exact) mass is 370 g/mol. The molecule has 0 aliphatic carbocycles. The Kier molecular flexibility index (Phi) is 5.30. The number of halogens is 2. The normalized spacial score (nSPS) is 11.6. The van der Waals surface area contributed by atoms with E-state index in [0.29, 0.717) is 10.6 Å². The molecule has 0 heterocycles. The lowest BCUT2D eigenvalue weighted by Crippen LogP contribution is -2.13. The largest absolute Gasteiger partial charge is 0.366 e. The van der Waals surface area contributed by atoms with Gasteiger partial charge in [-0.1, -0.05) is 35.3 Å². The first kappa shape index (κ1) is 17.3. The molecule has 0 bridgehead atoms. The van der Waals surface area contributed by atoms with E-state index in [0.717, 1.165) is 5.41 Å².